The van der Waals surface area contributed by atoms with Crippen molar-refractivity contribution in [2.75, 3.05) is 0 Å². The molecule has 0 aliphatic carbocycles. The lowest BCUT2D eigenvalue weighted by molar-refractivity contribution is 0.758. The van der Waals surface area contributed by atoms with Gasteiger partial charge in [-0.25, -0.2) is 4.68 Å². The van der Waals surface area contributed by atoms with Crippen LogP contribution in [0.4, 0.5) is 0 Å². The van der Waals surface area contributed by atoms with Crippen molar-refractivity contribution in [2.45, 2.75) is 26.7 Å². The Morgan fingerprint density at radius 3 is 2.75 bits per heavy atom. The van der Waals surface area contributed by atoms with Gasteiger partial charge in [0.25, 0.3) is 0 Å². The molecule has 0 spiro atoms. The first-order valence-corrected chi connectivity index (χ1v) is 7.14. The van der Waals surface area contributed by atoms with Crippen LogP contribution >= 0.6 is 12.2 Å². The summed E-state index contributed by atoms with van der Waals surface area (Å²) in [5, 5.41) is 4.45. The van der Waals surface area contributed by atoms with E-state index in [1.54, 1.807) is 0 Å². The maximum Gasteiger partial charge on any atom is 0.184 e. The first-order chi connectivity index (χ1) is 9.49. The van der Waals surface area contributed by atoms with E-state index in [1.165, 1.54) is 5.56 Å². The van der Waals surface area contributed by atoms with Gasteiger partial charge in [0.15, 0.2) is 10.4 Å². The first-order valence-electron chi connectivity index (χ1n) is 6.73. The maximum absolute atomic E-state index is 5.48. The van der Waals surface area contributed by atoms with Crippen molar-refractivity contribution in [1.82, 2.24) is 19.3 Å². The lowest BCUT2D eigenvalue weighted by Crippen LogP contribution is -2.01. The van der Waals surface area contributed by atoms with E-state index in [0.29, 0.717) is 10.7 Å². The Morgan fingerprint density at radius 1 is 1.30 bits per heavy atom. The summed E-state index contributed by atoms with van der Waals surface area (Å²) in [4.78, 5) is 3.26. The molecule has 0 saturated carbocycles. The van der Waals surface area contributed by atoms with E-state index < -0.39 is 0 Å². The second kappa shape index (κ2) is 4.59. The van der Waals surface area contributed by atoms with Crippen molar-refractivity contribution in [3.05, 3.63) is 40.3 Å². The number of fused-ring (bicyclic) bond motifs is 1. The SMILES string of the molecule is Cc1nn(C)c2c1[nH]c(=S)n2-c1cccc(C(C)C)c1. The molecule has 5 heteroatoms. The van der Waals surface area contributed by atoms with Crippen LogP contribution in [0.25, 0.3) is 16.9 Å². The van der Waals surface area contributed by atoms with Gasteiger partial charge < -0.3 is 4.98 Å². The van der Waals surface area contributed by atoms with E-state index in [-0.39, 0.29) is 0 Å². The van der Waals surface area contributed by atoms with Crippen molar-refractivity contribution in [1.29, 1.82) is 0 Å². The zero-order valence-corrected chi connectivity index (χ0v) is 13.0. The molecule has 0 unspecified atom stereocenters. The standard InChI is InChI=1S/C15H18N4S/c1-9(2)11-6-5-7-12(8-11)19-14-13(16-15(19)20)10(3)17-18(14)4/h5-9H,1-4H3,(H,16,20). The predicted molar refractivity (Wildman–Crippen MR) is 84.1 cm³/mol. The molecule has 0 saturated heterocycles. The van der Waals surface area contributed by atoms with Crippen molar-refractivity contribution in [3.63, 3.8) is 0 Å². The molecule has 1 aromatic carbocycles. The summed E-state index contributed by atoms with van der Waals surface area (Å²) in [5.74, 6) is 0.492. The topological polar surface area (TPSA) is 38.5 Å². The van der Waals surface area contributed by atoms with E-state index in [1.807, 2.05) is 18.7 Å². The van der Waals surface area contributed by atoms with E-state index >= 15 is 0 Å². The highest BCUT2D eigenvalue weighted by Gasteiger charge is 2.14. The van der Waals surface area contributed by atoms with Crippen LogP contribution in [-0.4, -0.2) is 19.3 Å². The summed E-state index contributed by atoms with van der Waals surface area (Å²) < 4.78 is 4.63. The van der Waals surface area contributed by atoms with Gasteiger partial charge in [0.1, 0.15) is 5.52 Å². The molecule has 2 heterocycles. The van der Waals surface area contributed by atoms with Gasteiger partial charge in [-0.15, -0.1) is 0 Å². The number of hydrogen-bond acceptors (Lipinski definition) is 2. The largest absolute Gasteiger partial charge is 0.327 e. The van der Waals surface area contributed by atoms with Crippen molar-refractivity contribution >= 4 is 23.4 Å². The Bertz CT molecular complexity index is 835. The lowest BCUT2D eigenvalue weighted by Gasteiger charge is -2.09. The van der Waals surface area contributed by atoms with Gasteiger partial charge in [-0.1, -0.05) is 26.0 Å². The average Bonchev–Trinajstić information content (AvgIpc) is 2.88. The number of aryl methyl sites for hydroxylation is 2. The molecule has 3 rings (SSSR count). The van der Waals surface area contributed by atoms with Crippen LogP contribution in [0, 0.1) is 11.7 Å². The number of hydrogen-bond donors (Lipinski definition) is 1. The van der Waals surface area contributed by atoms with Gasteiger partial charge in [0.05, 0.1) is 11.4 Å². The minimum Gasteiger partial charge on any atom is -0.327 e. The van der Waals surface area contributed by atoms with Crippen molar-refractivity contribution in [2.24, 2.45) is 7.05 Å². The molecule has 2 aromatic heterocycles. The zero-order valence-electron chi connectivity index (χ0n) is 12.1. The summed E-state index contributed by atoms with van der Waals surface area (Å²) in [6.07, 6.45) is 0. The summed E-state index contributed by atoms with van der Waals surface area (Å²) in [7, 11) is 1.95. The fourth-order valence-electron chi connectivity index (χ4n) is 2.57. The third-order valence-corrected chi connectivity index (χ3v) is 3.92. The van der Waals surface area contributed by atoms with E-state index in [0.717, 1.165) is 22.5 Å². The number of benzene rings is 1. The average molecular weight is 286 g/mol. The number of aromatic nitrogens is 4. The number of nitrogens with one attached hydrogen (secondary N) is 1. The highest BCUT2D eigenvalue weighted by atomic mass is 32.1. The first kappa shape index (κ1) is 13.1. The third kappa shape index (κ3) is 1.89. The Hall–Kier alpha value is -1.88. The minimum atomic E-state index is 0.492. The minimum absolute atomic E-state index is 0.492. The fraction of sp³-hybridized carbons (Fsp3) is 0.333. The molecule has 0 atom stereocenters. The van der Waals surface area contributed by atoms with Gasteiger partial charge in [-0.2, -0.15) is 5.10 Å². The van der Waals surface area contributed by atoms with E-state index in [9.17, 15) is 0 Å². The smallest absolute Gasteiger partial charge is 0.184 e. The van der Waals surface area contributed by atoms with Gasteiger partial charge in [-0.3, -0.25) is 4.57 Å². The van der Waals surface area contributed by atoms with Crippen LogP contribution in [0.15, 0.2) is 24.3 Å². The Morgan fingerprint density at radius 2 is 2.05 bits per heavy atom. The molecule has 3 aromatic rings. The molecule has 0 fully saturated rings. The second-order valence-corrected chi connectivity index (χ2v) is 5.81. The quantitative estimate of drug-likeness (QED) is 0.727. The molecule has 0 aliphatic rings. The fourth-order valence-corrected chi connectivity index (χ4v) is 2.86. The Balaban J connectivity index is 2.32. The molecule has 1 N–H and O–H groups in total. The number of imidazole rings is 1. The molecular formula is C15H18N4S. The van der Waals surface area contributed by atoms with Gasteiger partial charge >= 0.3 is 0 Å². The van der Waals surface area contributed by atoms with Crippen molar-refractivity contribution < 1.29 is 0 Å². The van der Waals surface area contributed by atoms with Crippen LogP contribution in [-0.2, 0) is 7.05 Å². The number of H-pyrrole nitrogens is 1. The van der Waals surface area contributed by atoms with Crippen molar-refractivity contribution in [3.8, 4) is 5.69 Å². The normalized spacial score (nSPS) is 11.7. The number of aromatic amines is 1. The van der Waals surface area contributed by atoms with E-state index in [4.69, 9.17) is 12.2 Å². The summed E-state index contributed by atoms with van der Waals surface area (Å²) >= 11 is 5.48. The predicted octanol–water partition coefficient (Wildman–Crippen LogP) is 3.85. The van der Waals surface area contributed by atoms with Crippen LogP contribution in [0.3, 0.4) is 0 Å². The van der Waals surface area contributed by atoms with Crippen LogP contribution in [0.1, 0.15) is 31.0 Å². The number of rotatable bonds is 2. The van der Waals surface area contributed by atoms with Crippen LogP contribution in [0.2, 0.25) is 0 Å². The highest BCUT2D eigenvalue weighted by Crippen LogP contribution is 2.24. The monoisotopic (exact) mass is 286 g/mol. The molecule has 104 valence electrons. The zero-order chi connectivity index (χ0) is 14.4. The molecule has 4 nitrogen and oxygen atoms in total. The van der Waals surface area contributed by atoms with Crippen LogP contribution in [0.5, 0.6) is 0 Å². The van der Waals surface area contributed by atoms with Gasteiger partial charge in [-0.05, 0) is 42.8 Å². The van der Waals surface area contributed by atoms with E-state index in [2.05, 4.69) is 52.8 Å². The summed E-state index contributed by atoms with van der Waals surface area (Å²) in [6, 6.07) is 8.50. The molecular weight excluding hydrogens is 268 g/mol. The van der Waals surface area contributed by atoms with Gasteiger partial charge in [0.2, 0.25) is 0 Å². The Labute approximate surface area is 123 Å². The van der Waals surface area contributed by atoms with Crippen LogP contribution < -0.4 is 0 Å². The maximum atomic E-state index is 5.48. The summed E-state index contributed by atoms with van der Waals surface area (Å²) in [6.45, 7) is 6.38. The molecule has 0 amide bonds. The third-order valence-electron chi connectivity index (χ3n) is 3.63. The highest BCUT2D eigenvalue weighted by molar-refractivity contribution is 7.71. The molecule has 20 heavy (non-hydrogen) atoms. The molecule has 0 aliphatic heterocycles. The molecule has 0 bridgehead atoms. The molecule has 0 radical (unpaired) electrons. The second-order valence-electron chi connectivity index (χ2n) is 5.42. The Kier molecular flexibility index (Phi) is 3.01. The summed E-state index contributed by atoms with van der Waals surface area (Å²) in [5.41, 5.74) is 5.36. The lowest BCUT2D eigenvalue weighted by atomic mass is 10.0. The number of nitrogens with zero attached hydrogens (tertiary/aromatic N) is 3. The van der Waals surface area contributed by atoms with Gasteiger partial charge in [0, 0.05) is 7.05 Å².